The summed E-state index contributed by atoms with van der Waals surface area (Å²) in [5, 5.41) is 0.702. The number of rotatable bonds is 2. The average Bonchev–Trinajstić information content (AvgIpc) is 2.57. The van der Waals surface area contributed by atoms with Gasteiger partial charge in [-0.1, -0.05) is 40.9 Å². The lowest BCUT2D eigenvalue weighted by molar-refractivity contribution is 0.867. The summed E-state index contributed by atoms with van der Waals surface area (Å²) < 4.78 is 1.28. The Kier molecular flexibility index (Phi) is 4.01. The number of hydrogen-bond acceptors (Lipinski definition) is 2. The maximum absolute atomic E-state index is 6.20. The van der Waals surface area contributed by atoms with Gasteiger partial charge in [0.25, 0.3) is 0 Å². The van der Waals surface area contributed by atoms with Crippen molar-refractivity contribution in [3.63, 3.8) is 0 Å². The van der Waals surface area contributed by atoms with E-state index < -0.39 is 0 Å². The molecule has 2 rings (SSSR count). The van der Waals surface area contributed by atoms with Crippen molar-refractivity contribution < 1.29 is 0 Å². The molecule has 1 heterocycles. The van der Waals surface area contributed by atoms with Crippen molar-refractivity contribution >= 4 is 46.1 Å². The largest absolute Gasteiger partial charge is 0.320 e. The molecule has 0 fully saturated rings. The number of benzene rings is 1. The van der Waals surface area contributed by atoms with Crippen LogP contribution in [0.15, 0.2) is 24.3 Å². The summed E-state index contributed by atoms with van der Waals surface area (Å²) >= 11 is 19.3. The second kappa shape index (κ2) is 5.17. The molecule has 1 atom stereocenters. The van der Waals surface area contributed by atoms with Crippen LogP contribution in [-0.2, 0) is 0 Å². The van der Waals surface area contributed by atoms with Crippen molar-refractivity contribution in [1.82, 2.24) is 0 Å². The normalized spacial score (nSPS) is 12.8. The molecule has 0 aliphatic rings. The van der Waals surface area contributed by atoms with Crippen LogP contribution < -0.4 is 5.73 Å². The van der Waals surface area contributed by atoms with Crippen LogP contribution in [0.4, 0.5) is 0 Å². The highest BCUT2D eigenvalue weighted by Gasteiger charge is 2.17. The molecule has 1 aromatic heterocycles. The Labute approximate surface area is 119 Å². The highest BCUT2D eigenvalue weighted by atomic mass is 35.5. The monoisotopic (exact) mass is 305 g/mol. The van der Waals surface area contributed by atoms with Crippen LogP contribution in [-0.4, -0.2) is 0 Å². The Morgan fingerprint density at radius 2 is 1.82 bits per heavy atom. The van der Waals surface area contributed by atoms with E-state index in [1.807, 2.05) is 31.2 Å². The Balaban J connectivity index is 2.43. The van der Waals surface area contributed by atoms with Gasteiger partial charge in [-0.15, -0.1) is 11.3 Å². The van der Waals surface area contributed by atoms with E-state index >= 15 is 0 Å². The predicted octanol–water partition coefficient (Wildman–Crippen LogP) is 5.06. The maximum atomic E-state index is 6.20. The molecular formula is C12H10Cl3NS. The summed E-state index contributed by atoms with van der Waals surface area (Å²) in [7, 11) is 0. The molecule has 2 aromatic rings. The van der Waals surface area contributed by atoms with Gasteiger partial charge in [-0.05, 0) is 36.2 Å². The lowest BCUT2D eigenvalue weighted by Crippen LogP contribution is -2.12. The highest BCUT2D eigenvalue weighted by molar-refractivity contribution is 7.20. The quantitative estimate of drug-likeness (QED) is 0.824. The zero-order chi connectivity index (χ0) is 12.6. The minimum Gasteiger partial charge on any atom is -0.320 e. The van der Waals surface area contributed by atoms with E-state index in [1.165, 1.54) is 11.3 Å². The molecule has 5 heteroatoms. The Bertz CT molecular complexity index is 551. The average molecular weight is 307 g/mol. The summed E-state index contributed by atoms with van der Waals surface area (Å²) in [5.74, 6) is 0. The SMILES string of the molecule is Cc1cc(Cl)ccc1C(N)c1cc(Cl)sc1Cl. The van der Waals surface area contributed by atoms with E-state index in [9.17, 15) is 0 Å². The molecule has 2 N–H and O–H groups in total. The number of nitrogens with two attached hydrogens (primary N) is 1. The molecule has 0 aliphatic heterocycles. The molecule has 90 valence electrons. The molecule has 0 aliphatic carbocycles. The van der Waals surface area contributed by atoms with E-state index in [-0.39, 0.29) is 6.04 Å². The summed E-state index contributed by atoms with van der Waals surface area (Å²) in [4.78, 5) is 0. The van der Waals surface area contributed by atoms with Gasteiger partial charge in [0.2, 0.25) is 0 Å². The fourth-order valence-electron chi connectivity index (χ4n) is 1.72. The third-order valence-corrected chi connectivity index (χ3v) is 4.34. The topological polar surface area (TPSA) is 26.0 Å². The molecule has 1 nitrogen and oxygen atoms in total. The van der Waals surface area contributed by atoms with Gasteiger partial charge in [0.05, 0.1) is 14.7 Å². The summed E-state index contributed by atoms with van der Waals surface area (Å²) in [6, 6.07) is 7.17. The van der Waals surface area contributed by atoms with Crippen LogP contribution in [0, 0.1) is 6.92 Å². The fraction of sp³-hybridized carbons (Fsp3) is 0.167. The number of thiophene rings is 1. The van der Waals surface area contributed by atoms with Crippen LogP contribution in [0.25, 0.3) is 0 Å². The Morgan fingerprint density at radius 3 is 2.35 bits per heavy atom. The molecule has 0 bridgehead atoms. The molecule has 0 amide bonds. The fourth-order valence-corrected chi connectivity index (χ4v) is 3.50. The van der Waals surface area contributed by atoms with E-state index in [2.05, 4.69) is 0 Å². The van der Waals surface area contributed by atoms with Gasteiger partial charge in [-0.25, -0.2) is 0 Å². The van der Waals surface area contributed by atoms with Gasteiger partial charge in [-0.3, -0.25) is 0 Å². The molecule has 0 radical (unpaired) electrons. The van der Waals surface area contributed by atoms with E-state index in [4.69, 9.17) is 40.5 Å². The zero-order valence-corrected chi connectivity index (χ0v) is 12.1. The molecular weight excluding hydrogens is 297 g/mol. The number of halogens is 3. The second-order valence-electron chi connectivity index (χ2n) is 3.76. The van der Waals surface area contributed by atoms with Crippen molar-refractivity contribution in [3.05, 3.63) is 54.7 Å². The molecule has 0 saturated heterocycles. The van der Waals surface area contributed by atoms with Gasteiger partial charge in [0, 0.05) is 10.6 Å². The van der Waals surface area contributed by atoms with E-state index in [0.29, 0.717) is 13.7 Å². The second-order valence-corrected chi connectivity index (χ2v) is 6.48. The standard InChI is InChI=1S/C12H10Cl3NS/c1-6-4-7(13)2-3-8(6)11(16)9-5-10(14)17-12(9)15/h2-5,11H,16H2,1H3. The first-order valence-electron chi connectivity index (χ1n) is 4.95. The van der Waals surface area contributed by atoms with Gasteiger partial charge in [0.15, 0.2) is 0 Å². The van der Waals surface area contributed by atoms with Gasteiger partial charge in [-0.2, -0.15) is 0 Å². The van der Waals surface area contributed by atoms with Gasteiger partial charge in [0.1, 0.15) is 0 Å². The third kappa shape index (κ3) is 2.78. The maximum Gasteiger partial charge on any atom is 0.0995 e. The number of aryl methyl sites for hydroxylation is 1. The molecule has 17 heavy (non-hydrogen) atoms. The van der Waals surface area contributed by atoms with E-state index in [0.717, 1.165) is 16.7 Å². The minimum absolute atomic E-state index is 0.275. The summed E-state index contributed by atoms with van der Waals surface area (Å²) in [6.45, 7) is 1.98. The van der Waals surface area contributed by atoms with Crippen LogP contribution in [0.2, 0.25) is 13.7 Å². The van der Waals surface area contributed by atoms with Crippen molar-refractivity contribution in [3.8, 4) is 0 Å². The summed E-state index contributed by atoms with van der Waals surface area (Å²) in [6.07, 6.45) is 0. The van der Waals surface area contributed by atoms with Crippen molar-refractivity contribution in [2.75, 3.05) is 0 Å². The van der Waals surface area contributed by atoms with Crippen LogP contribution in [0.5, 0.6) is 0 Å². The molecule has 1 aromatic carbocycles. The van der Waals surface area contributed by atoms with Crippen molar-refractivity contribution in [1.29, 1.82) is 0 Å². The lowest BCUT2D eigenvalue weighted by Gasteiger charge is -2.14. The molecule has 1 unspecified atom stereocenters. The Morgan fingerprint density at radius 1 is 1.12 bits per heavy atom. The Hall–Kier alpha value is -0.250. The first kappa shape index (κ1) is 13.2. The lowest BCUT2D eigenvalue weighted by atomic mass is 9.98. The highest BCUT2D eigenvalue weighted by Crippen LogP contribution is 2.37. The van der Waals surface area contributed by atoms with Crippen molar-refractivity contribution in [2.24, 2.45) is 5.73 Å². The van der Waals surface area contributed by atoms with Crippen LogP contribution in [0.3, 0.4) is 0 Å². The van der Waals surface area contributed by atoms with Crippen LogP contribution in [0.1, 0.15) is 22.7 Å². The van der Waals surface area contributed by atoms with Crippen molar-refractivity contribution in [2.45, 2.75) is 13.0 Å². The number of hydrogen-bond donors (Lipinski definition) is 1. The van der Waals surface area contributed by atoms with Gasteiger partial charge >= 0.3 is 0 Å². The summed E-state index contributed by atoms with van der Waals surface area (Å²) in [5.41, 5.74) is 9.11. The molecule has 0 spiro atoms. The minimum atomic E-state index is -0.275. The first-order chi connectivity index (χ1) is 7.99. The molecule has 0 saturated carbocycles. The smallest absolute Gasteiger partial charge is 0.0995 e. The van der Waals surface area contributed by atoms with Gasteiger partial charge < -0.3 is 5.73 Å². The predicted molar refractivity (Wildman–Crippen MR) is 76.6 cm³/mol. The van der Waals surface area contributed by atoms with Crippen LogP contribution >= 0.6 is 46.1 Å². The van der Waals surface area contributed by atoms with E-state index in [1.54, 1.807) is 0 Å². The first-order valence-corrected chi connectivity index (χ1v) is 6.90. The zero-order valence-electron chi connectivity index (χ0n) is 9.01. The third-order valence-electron chi connectivity index (χ3n) is 2.59.